The van der Waals surface area contributed by atoms with E-state index in [9.17, 15) is 0 Å². The first-order valence-electron chi connectivity index (χ1n) is 5.87. The fraction of sp³-hybridized carbons (Fsp3) is 0.500. The molecule has 0 unspecified atom stereocenters. The second kappa shape index (κ2) is 5.62. The predicted molar refractivity (Wildman–Crippen MR) is 66.7 cm³/mol. The van der Waals surface area contributed by atoms with Crippen LogP contribution in [0.1, 0.15) is 5.56 Å². The smallest absolute Gasteiger partial charge is 0.146 e. The molecule has 5 heteroatoms. The molecule has 1 aromatic rings. The molecule has 1 fully saturated rings. The molecular formula is C12H17N5. The molecule has 0 spiro atoms. The molecule has 0 aromatic carbocycles. The van der Waals surface area contributed by atoms with E-state index in [4.69, 9.17) is 11.0 Å². The van der Waals surface area contributed by atoms with E-state index in [0.29, 0.717) is 12.1 Å². The van der Waals surface area contributed by atoms with Crippen molar-refractivity contribution < 1.29 is 0 Å². The highest BCUT2D eigenvalue weighted by molar-refractivity contribution is 5.53. The van der Waals surface area contributed by atoms with Crippen molar-refractivity contribution in [1.29, 1.82) is 5.26 Å². The van der Waals surface area contributed by atoms with Crippen molar-refractivity contribution in [3.8, 4) is 6.07 Å². The van der Waals surface area contributed by atoms with E-state index in [1.54, 1.807) is 12.3 Å². The molecule has 0 aliphatic carbocycles. The molecule has 1 aromatic heterocycles. The summed E-state index contributed by atoms with van der Waals surface area (Å²) in [6, 6.07) is 5.80. The molecule has 2 heterocycles. The number of nitrogens with zero attached hydrogens (tertiary/aromatic N) is 4. The standard InChI is InChI=1S/C12H17N5/c13-3-5-16-6-8-17(9-7-16)12-11(10-14)2-1-4-15-12/h1-2,4H,3,5-9,13H2. The molecule has 0 atom stereocenters. The lowest BCUT2D eigenvalue weighted by atomic mass is 10.2. The highest BCUT2D eigenvalue weighted by atomic mass is 15.3. The van der Waals surface area contributed by atoms with Gasteiger partial charge in [-0.2, -0.15) is 5.26 Å². The highest BCUT2D eigenvalue weighted by Crippen LogP contribution is 2.17. The summed E-state index contributed by atoms with van der Waals surface area (Å²) in [5.41, 5.74) is 6.19. The maximum Gasteiger partial charge on any atom is 0.146 e. The van der Waals surface area contributed by atoms with Crippen LogP contribution in [0.15, 0.2) is 18.3 Å². The molecule has 0 bridgehead atoms. The van der Waals surface area contributed by atoms with Gasteiger partial charge in [-0.1, -0.05) is 0 Å². The maximum atomic E-state index is 9.04. The molecule has 90 valence electrons. The quantitative estimate of drug-likeness (QED) is 0.795. The number of anilines is 1. The molecule has 0 saturated carbocycles. The molecule has 5 nitrogen and oxygen atoms in total. The van der Waals surface area contributed by atoms with Crippen LogP contribution in [0, 0.1) is 11.3 Å². The van der Waals surface area contributed by atoms with Gasteiger partial charge in [-0.05, 0) is 12.1 Å². The average molecular weight is 231 g/mol. The first kappa shape index (κ1) is 11.8. The van der Waals surface area contributed by atoms with Crippen LogP contribution in [0.2, 0.25) is 0 Å². The number of rotatable bonds is 3. The Balaban J connectivity index is 2.03. The maximum absolute atomic E-state index is 9.04. The molecule has 2 N–H and O–H groups in total. The molecule has 17 heavy (non-hydrogen) atoms. The Morgan fingerprint density at radius 1 is 1.35 bits per heavy atom. The lowest BCUT2D eigenvalue weighted by Crippen LogP contribution is -2.48. The zero-order valence-electron chi connectivity index (χ0n) is 9.84. The van der Waals surface area contributed by atoms with Crippen LogP contribution in [0.5, 0.6) is 0 Å². The van der Waals surface area contributed by atoms with Gasteiger partial charge in [-0.3, -0.25) is 4.90 Å². The van der Waals surface area contributed by atoms with Crippen LogP contribution in [0.25, 0.3) is 0 Å². The van der Waals surface area contributed by atoms with Crippen LogP contribution in [0.4, 0.5) is 5.82 Å². The third-order valence-electron chi connectivity index (χ3n) is 3.02. The van der Waals surface area contributed by atoms with Crippen molar-refractivity contribution in [3.05, 3.63) is 23.9 Å². The minimum atomic E-state index is 0.653. The van der Waals surface area contributed by atoms with Gasteiger partial charge in [0.1, 0.15) is 11.9 Å². The Morgan fingerprint density at radius 3 is 2.76 bits per heavy atom. The summed E-state index contributed by atoms with van der Waals surface area (Å²) in [5, 5.41) is 9.04. The fourth-order valence-corrected chi connectivity index (χ4v) is 2.10. The predicted octanol–water partition coefficient (Wildman–Crippen LogP) is 0.0340. The Morgan fingerprint density at radius 2 is 2.12 bits per heavy atom. The van der Waals surface area contributed by atoms with Gasteiger partial charge < -0.3 is 10.6 Å². The van der Waals surface area contributed by atoms with Crippen molar-refractivity contribution in [2.45, 2.75) is 0 Å². The summed E-state index contributed by atoms with van der Waals surface area (Å²) in [6.45, 7) is 5.43. The zero-order chi connectivity index (χ0) is 12.1. The normalized spacial score (nSPS) is 16.8. The topological polar surface area (TPSA) is 69.2 Å². The van der Waals surface area contributed by atoms with Gasteiger partial charge in [-0.15, -0.1) is 0 Å². The van der Waals surface area contributed by atoms with E-state index in [1.165, 1.54) is 0 Å². The number of piperazine rings is 1. The lowest BCUT2D eigenvalue weighted by molar-refractivity contribution is 0.264. The number of nitrogens with two attached hydrogens (primary N) is 1. The van der Waals surface area contributed by atoms with E-state index in [1.807, 2.05) is 6.07 Å². The SMILES string of the molecule is N#Cc1cccnc1N1CCN(CCN)CC1. The number of nitriles is 1. The lowest BCUT2D eigenvalue weighted by Gasteiger charge is -2.35. The zero-order valence-corrected chi connectivity index (χ0v) is 9.84. The Labute approximate surface area is 101 Å². The van der Waals surface area contributed by atoms with Crippen LogP contribution >= 0.6 is 0 Å². The second-order valence-corrected chi connectivity index (χ2v) is 4.10. The summed E-state index contributed by atoms with van der Waals surface area (Å²) in [4.78, 5) is 8.82. The molecular weight excluding hydrogens is 214 g/mol. The first-order valence-corrected chi connectivity index (χ1v) is 5.87. The van der Waals surface area contributed by atoms with E-state index >= 15 is 0 Å². The van der Waals surface area contributed by atoms with Crippen LogP contribution < -0.4 is 10.6 Å². The van der Waals surface area contributed by atoms with Gasteiger partial charge in [0, 0.05) is 45.5 Å². The van der Waals surface area contributed by atoms with Gasteiger partial charge in [0.2, 0.25) is 0 Å². The Kier molecular flexibility index (Phi) is 3.91. The van der Waals surface area contributed by atoms with Crippen molar-refractivity contribution >= 4 is 5.82 Å². The average Bonchev–Trinajstić information content (AvgIpc) is 2.40. The van der Waals surface area contributed by atoms with E-state index < -0.39 is 0 Å². The van der Waals surface area contributed by atoms with Crippen molar-refractivity contribution in [2.24, 2.45) is 5.73 Å². The van der Waals surface area contributed by atoms with Gasteiger partial charge >= 0.3 is 0 Å². The number of aromatic nitrogens is 1. The molecule has 1 saturated heterocycles. The number of pyridine rings is 1. The molecule has 0 amide bonds. The Bertz CT molecular complexity index is 404. The minimum Gasteiger partial charge on any atom is -0.353 e. The van der Waals surface area contributed by atoms with E-state index in [-0.39, 0.29) is 0 Å². The molecule has 1 aliphatic heterocycles. The van der Waals surface area contributed by atoms with Crippen molar-refractivity contribution in [2.75, 3.05) is 44.2 Å². The monoisotopic (exact) mass is 231 g/mol. The van der Waals surface area contributed by atoms with Crippen molar-refractivity contribution in [1.82, 2.24) is 9.88 Å². The van der Waals surface area contributed by atoms with Gasteiger partial charge in [-0.25, -0.2) is 4.98 Å². The Hall–Kier alpha value is -1.64. The minimum absolute atomic E-state index is 0.653. The van der Waals surface area contributed by atoms with Crippen LogP contribution in [-0.4, -0.2) is 49.2 Å². The molecule has 2 rings (SSSR count). The fourth-order valence-electron chi connectivity index (χ4n) is 2.10. The third kappa shape index (κ3) is 2.73. The number of hydrogen-bond donors (Lipinski definition) is 1. The number of hydrogen-bond acceptors (Lipinski definition) is 5. The van der Waals surface area contributed by atoms with E-state index in [0.717, 1.165) is 38.5 Å². The van der Waals surface area contributed by atoms with Crippen LogP contribution in [-0.2, 0) is 0 Å². The highest BCUT2D eigenvalue weighted by Gasteiger charge is 2.19. The molecule has 1 aliphatic rings. The first-order chi connectivity index (χ1) is 8.35. The van der Waals surface area contributed by atoms with E-state index in [2.05, 4.69) is 20.9 Å². The summed E-state index contributed by atoms with van der Waals surface area (Å²) >= 11 is 0. The summed E-state index contributed by atoms with van der Waals surface area (Å²) in [6.07, 6.45) is 1.74. The largest absolute Gasteiger partial charge is 0.353 e. The van der Waals surface area contributed by atoms with Gasteiger partial charge in [0.15, 0.2) is 0 Å². The van der Waals surface area contributed by atoms with Gasteiger partial charge in [0.25, 0.3) is 0 Å². The summed E-state index contributed by atoms with van der Waals surface area (Å²) in [5.74, 6) is 0.808. The van der Waals surface area contributed by atoms with Crippen LogP contribution in [0.3, 0.4) is 0 Å². The van der Waals surface area contributed by atoms with Gasteiger partial charge in [0.05, 0.1) is 5.56 Å². The third-order valence-corrected chi connectivity index (χ3v) is 3.02. The summed E-state index contributed by atoms with van der Waals surface area (Å²) in [7, 11) is 0. The second-order valence-electron chi connectivity index (χ2n) is 4.10. The molecule has 0 radical (unpaired) electrons. The summed E-state index contributed by atoms with van der Waals surface area (Å²) < 4.78 is 0. The van der Waals surface area contributed by atoms with Crippen molar-refractivity contribution in [3.63, 3.8) is 0 Å².